The number of benzene rings is 4. The quantitative estimate of drug-likeness (QED) is 0.302. The standard InChI is InChI=1S/C28H22BFN2O2/c30-26-19-11-10-18-24(26)27-25(29(33)34)20-32(31-27)28(21-12-4-1-5-13-21,22-14-6-2-7-15-22)23-16-8-3-9-17-23/h1-20,33-34H. The predicted molar refractivity (Wildman–Crippen MR) is 132 cm³/mol. The van der Waals surface area contributed by atoms with E-state index in [4.69, 9.17) is 5.10 Å². The van der Waals surface area contributed by atoms with Gasteiger partial charge in [0.15, 0.2) is 0 Å². The Bertz CT molecular complexity index is 1290. The molecule has 5 rings (SSSR count). The molecule has 4 aromatic carbocycles. The molecule has 4 nitrogen and oxygen atoms in total. The van der Waals surface area contributed by atoms with Gasteiger partial charge in [-0.05, 0) is 28.8 Å². The normalized spacial score (nSPS) is 11.4. The highest BCUT2D eigenvalue weighted by Gasteiger charge is 2.40. The lowest BCUT2D eigenvalue weighted by Gasteiger charge is -2.36. The zero-order valence-corrected chi connectivity index (χ0v) is 18.3. The highest BCUT2D eigenvalue weighted by Crippen LogP contribution is 2.40. The first-order chi connectivity index (χ1) is 16.6. The molecule has 5 aromatic rings. The van der Waals surface area contributed by atoms with Crippen molar-refractivity contribution in [2.45, 2.75) is 5.54 Å². The lowest BCUT2D eigenvalue weighted by atomic mass is 9.76. The average molecular weight is 448 g/mol. The summed E-state index contributed by atoms with van der Waals surface area (Å²) in [5.41, 5.74) is 2.33. The van der Waals surface area contributed by atoms with Crippen LogP contribution in [0.3, 0.4) is 0 Å². The second-order valence-corrected chi connectivity index (χ2v) is 8.04. The number of hydrogen-bond acceptors (Lipinski definition) is 3. The molecular weight excluding hydrogens is 426 g/mol. The summed E-state index contributed by atoms with van der Waals surface area (Å²) >= 11 is 0. The van der Waals surface area contributed by atoms with Crippen LogP contribution in [0, 0.1) is 5.82 Å². The topological polar surface area (TPSA) is 58.3 Å². The van der Waals surface area contributed by atoms with Gasteiger partial charge in [0.2, 0.25) is 0 Å². The maximum atomic E-state index is 14.8. The van der Waals surface area contributed by atoms with Crippen molar-refractivity contribution in [1.82, 2.24) is 9.78 Å². The number of aromatic nitrogens is 2. The largest absolute Gasteiger partial charge is 0.492 e. The van der Waals surface area contributed by atoms with Gasteiger partial charge in [0, 0.05) is 17.2 Å². The lowest BCUT2D eigenvalue weighted by Crippen LogP contribution is -2.39. The van der Waals surface area contributed by atoms with E-state index in [9.17, 15) is 14.4 Å². The van der Waals surface area contributed by atoms with Crippen molar-refractivity contribution in [3.63, 3.8) is 0 Å². The molecule has 0 radical (unpaired) electrons. The number of rotatable bonds is 6. The van der Waals surface area contributed by atoms with E-state index in [-0.39, 0.29) is 16.7 Å². The third-order valence-corrected chi connectivity index (χ3v) is 6.07. The predicted octanol–water partition coefficient (Wildman–Crippen LogP) is 4.21. The minimum Gasteiger partial charge on any atom is -0.423 e. The van der Waals surface area contributed by atoms with E-state index in [0.29, 0.717) is 0 Å². The molecule has 0 amide bonds. The molecule has 1 aromatic heterocycles. The van der Waals surface area contributed by atoms with Crippen LogP contribution >= 0.6 is 0 Å². The first kappa shape index (κ1) is 21.8. The van der Waals surface area contributed by atoms with E-state index < -0.39 is 18.5 Å². The van der Waals surface area contributed by atoms with Crippen molar-refractivity contribution < 1.29 is 14.4 Å². The van der Waals surface area contributed by atoms with Crippen LogP contribution in [0.4, 0.5) is 4.39 Å². The Kier molecular flexibility index (Phi) is 5.84. The van der Waals surface area contributed by atoms with E-state index in [1.54, 1.807) is 29.1 Å². The van der Waals surface area contributed by atoms with Gasteiger partial charge in [-0.15, -0.1) is 0 Å². The van der Waals surface area contributed by atoms with Crippen molar-refractivity contribution >= 4 is 12.6 Å². The second kappa shape index (κ2) is 9.10. The summed E-state index contributed by atoms with van der Waals surface area (Å²) in [7, 11) is -1.83. The van der Waals surface area contributed by atoms with Gasteiger partial charge in [0.05, 0.1) is 5.69 Å². The average Bonchev–Trinajstić information content (AvgIpc) is 3.33. The minimum absolute atomic E-state index is 0.122. The fraction of sp³-hybridized carbons (Fsp3) is 0.0357. The molecule has 0 aliphatic carbocycles. The summed E-state index contributed by atoms with van der Waals surface area (Å²) < 4.78 is 16.5. The molecule has 0 fully saturated rings. The van der Waals surface area contributed by atoms with Gasteiger partial charge in [0.1, 0.15) is 11.4 Å². The number of nitrogens with zero attached hydrogens (tertiary/aromatic N) is 2. The van der Waals surface area contributed by atoms with Crippen molar-refractivity contribution in [2.75, 3.05) is 0 Å². The molecule has 0 saturated heterocycles. The first-order valence-electron chi connectivity index (χ1n) is 11.0. The van der Waals surface area contributed by atoms with Crippen LogP contribution in [0.2, 0.25) is 0 Å². The van der Waals surface area contributed by atoms with E-state index in [1.807, 2.05) is 91.0 Å². The van der Waals surface area contributed by atoms with Gasteiger partial charge in [-0.1, -0.05) is 103 Å². The van der Waals surface area contributed by atoms with Crippen LogP contribution in [-0.2, 0) is 5.54 Å². The van der Waals surface area contributed by atoms with Gasteiger partial charge >= 0.3 is 7.12 Å². The number of halogens is 1. The van der Waals surface area contributed by atoms with Gasteiger partial charge in [-0.2, -0.15) is 5.10 Å². The van der Waals surface area contributed by atoms with Crippen molar-refractivity contribution in [1.29, 1.82) is 0 Å². The fourth-order valence-corrected chi connectivity index (χ4v) is 4.55. The van der Waals surface area contributed by atoms with E-state index >= 15 is 0 Å². The molecule has 1 heterocycles. The van der Waals surface area contributed by atoms with Crippen LogP contribution in [0.15, 0.2) is 121 Å². The van der Waals surface area contributed by atoms with Gasteiger partial charge < -0.3 is 10.0 Å². The van der Waals surface area contributed by atoms with Crippen molar-refractivity contribution in [3.05, 3.63) is 144 Å². The monoisotopic (exact) mass is 448 g/mol. The lowest BCUT2D eigenvalue weighted by molar-refractivity contribution is 0.425. The number of hydrogen-bond donors (Lipinski definition) is 2. The molecular formula is C28H22BFN2O2. The molecule has 0 atom stereocenters. The van der Waals surface area contributed by atoms with Crippen LogP contribution in [-0.4, -0.2) is 26.9 Å². The Labute approximate surface area is 197 Å². The maximum absolute atomic E-state index is 14.8. The third-order valence-electron chi connectivity index (χ3n) is 6.07. The molecule has 2 N–H and O–H groups in total. The van der Waals surface area contributed by atoms with Crippen LogP contribution in [0.1, 0.15) is 16.7 Å². The Morgan fingerprint density at radius 2 is 1.09 bits per heavy atom. The van der Waals surface area contributed by atoms with Crippen molar-refractivity contribution in [3.8, 4) is 11.3 Å². The smallest absolute Gasteiger partial charge is 0.423 e. The van der Waals surface area contributed by atoms with Crippen molar-refractivity contribution in [2.24, 2.45) is 0 Å². The molecule has 0 unspecified atom stereocenters. The minimum atomic E-state index is -1.83. The highest BCUT2D eigenvalue weighted by atomic mass is 19.1. The van der Waals surface area contributed by atoms with Gasteiger partial charge in [-0.3, -0.25) is 4.68 Å². The van der Waals surface area contributed by atoms with Crippen LogP contribution < -0.4 is 5.46 Å². The van der Waals surface area contributed by atoms with Gasteiger partial charge in [0.25, 0.3) is 0 Å². The SMILES string of the molecule is OB(O)c1cn(C(c2ccccc2)(c2ccccc2)c2ccccc2)nc1-c1ccccc1F. The van der Waals surface area contributed by atoms with Crippen LogP contribution in [0.25, 0.3) is 11.3 Å². The molecule has 34 heavy (non-hydrogen) atoms. The summed E-state index contributed by atoms with van der Waals surface area (Å²) in [6.07, 6.45) is 1.60. The molecule has 166 valence electrons. The summed E-state index contributed by atoms with van der Waals surface area (Å²) in [5, 5.41) is 25.3. The highest BCUT2D eigenvalue weighted by molar-refractivity contribution is 6.60. The first-order valence-corrected chi connectivity index (χ1v) is 11.0. The van der Waals surface area contributed by atoms with E-state index in [1.165, 1.54) is 6.07 Å². The maximum Gasteiger partial charge on any atom is 0.492 e. The molecule has 6 heteroatoms. The summed E-state index contributed by atoms with van der Waals surface area (Å²) in [6.45, 7) is 0. The molecule has 0 saturated carbocycles. The Morgan fingerprint density at radius 3 is 1.53 bits per heavy atom. The van der Waals surface area contributed by atoms with Crippen LogP contribution in [0.5, 0.6) is 0 Å². The zero-order valence-electron chi connectivity index (χ0n) is 18.3. The zero-order chi connectivity index (χ0) is 23.5. The molecule has 0 spiro atoms. The molecule has 0 bridgehead atoms. The summed E-state index contributed by atoms with van der Waals surface area (Å²) in [5.74, 6) is -0.487. The fourth-order valence-electron chi connectivity index (χ4n) is 4.55. The van der Waals surface area contributed by atoms with E-state index in [2.05, 4.69) is 0 Å². The third kappa shape index (κ3) is 3.63. The Hall–Kier alpha value is -4.00. The Morgan fingerprint density at radius 1 is 0.647 bits per heavy atom. The molecule has 0 aliphatic rings. The Balaban J connectivity index is 1.89. The van der Waals surface area contributed by atoms with E-state index in [0.717, 1.165) is 16.7 Å². The van der Waals surface area contributed by atoms with Gasteiger partial charge in [-0.25, -0.2) is 4.39 Å². The summed E-state index contributed by atoms with van der Waals surface area (Å²) in [4.78, 5) is 0. The second-order valence-electron chi connectivity index (χ2n) is 8.04. The molecule has 0 aliphatic heterocycles. The summed E-state index contributed by atoms with van der Waals surface area (Å²) in [6, 6.07) is 35.9.